The number of aromatic nitrogens is 4. The van der Waals surface area contributed by atoms with Crippen LogP contribution < -0.4 is 11.2 Å². The van der Waals surface area contributed by atoms with Crippen LogP contribution in [0.1, 0.15) is 5.56 Å². The largest absolute Gasteiger partial charge is 0.361 e. The molecule has 1 aromatic carbocycles. The predicted molar refractivity (Wildman–Crippen MR) is 88.6 cm³/mol. The number of hydrogen-bond acceptors (Lipinski definition) is 3. The summed E-state index contributed by atoms with van der Waals surface area (Å²) in [4.78, 5) is 34.5. The fourth-order valence-corrected chi connectivity index (χ4v) is 2.86. The minimum absolute atomic E-state index is 0.309. The molecule has 0 unspecified atom stereocenters. The molecule has 6 heteroatoms. The molecule has 0 aliphatic heterocycles. The fraction of sp³-hybridized carbons (Fsp3) is 0.118. The third-order valence-electron chi connectivity index (χ3n) is 4.03. The number of hydrogen-bond donors (Lipinski definition) is 2. The average Bonchev–Trinajstić information content (AvgIpc) is 2.98. The molecule has 23 heavy (non-hydrogen) atoms. The Hall–Kier alpha value is -3.15. The highest BCUT2D eigenvalue weighted by atomic mass is 16.2. The van der Waals surface area contributed by atoms with Crippen molar-refractivity contribution in [3.63, 3.8) is 0 Å². The van der Waals surface area contributed by atoms with Crippen LogP contribution in [0, 0.1) is 0 Å². The van der Waals surface area contributed by atoms with E-state index in [1.165, 1.54) is 4.57 Å². The van der Waals surface area contributed by atoms with Crippen LogP contribution in [0.4, 0.5) is 0 Å². The summed E-state index contributed by atoms with van der Waals surface area (Å²) in [5.41, 5.74) is 1.72. The SMILES string of the molecule is O=c1[nH]c2ncccc2c(=O)n1CCc1c[nH]c2ccccc12. The Balaban J connectivity index is 1.73. The van der Waals surface area contributed by atoms with Gasteiger partial charge in [-0.15, -0.1) is 0 Å². The van der Waals surface area contributed by atoms with E-state index < -0.39 is 5.69 Å². The van der Waals surface area contributed by atoms with Crippen molar-refractivity contribution in [1.29, 1.82) is 0 Å². The zero-order valence-electron chi connectivity index (χ0n) is 12.2. The molecule has 0 atom stereocenters. The molecular weight excluding hydrogens is 292 g/mol. The second-order valence-electron chi connectivity index (χ2n) is 5.40. The van der Waals surface area contributed by atoms with Crippen LogP contribution in [0.15, 0.2) is 58.4 Å². The van der Waals surface area contributed by atoms with E-state index >= 15 is 0 Å². The Morgan fingerprint density at radius 3 is 2.78 bits per heavy atom. The zero-order valence-corrected chi connectivity index (χ0v) is 12.2. The van der Waals surface area contributed by atoms with Crippen molar-refractivity contribution in [3.05, 3.63) is 75.2 Å². The van der Waals surface area contributed by atoms with E-state index in [0.717, 1.165) is 16.5 Å². The average molecular weight is 306 g/mol. The summed E-state index contributed by atoms with van der Waals surface area (Å²) in [5.74, 6) is 0. The van der Waals surface area contributed by atoms with Crippen molar-refractivity contribution >= 4 is 21.9 Å². The van der Waals surface area contributed by atoms with Crippen LogP contribution in [0.3, 0.4) is 0 Å². The Labute approximate surface area is 130 Å². The van der Waals surface area contributed by atoms with Gasteiger partial charge in [-0.05, 0) is 30.2 Å². The molecule has 0 amide bonds. The number of para-hydroxylation sites is 1. The smallest absolute Gasteiger partial charge is 0.330 e. The number of H-pyrrole nitrogens is 2. The van der Waals surface area contributed by atoms with Gasteiger partial charge >= 0.3 is 5.69 Å². The molecular formula is C17H14N4O2. The van der Waals surface area contributed by atoms with Gasteiger partial charge in [0.2, 0.25) is 0 Å². The number of nitrogens with one attached hydrogen (secondary N) is 2. The highest BCUT2D eigenvalue weighted by Gasteiger charge is 2.09. The maximum atomic E-state index is 12.5. The third kappa shape index (κ3) is 2.24. The molecule has 3 heterocycles. The van der Waals surface area contributed by atoms with E-state index in [2.05, 4.69) is 15.0 Å². The summed E-state index contributed by atoms with van der Waals surface area (Å²) in [6.07, 6.45) is 4.07. The Morgan fingerprint density at radius 1 is 1.04 bits per heavy atom. The van der Waals surface area contributed by atoms with Crippen LogP contribution in [0.5, 0.6) is 0 Å². The molecule has 3 aromatic heterocycles. The van der Waals surface area contributed by atoms with Gasteiger partial charge in [-0.2, -0.15) is 0 Å². The molecule has 6 nitrogen and oxygen atoms in total. The molecule has 4 rings (SSSR count). The number of benzene rings is 1. The maximum absolute atomic E-state index is 12.5. The monoisotopic (exact) mass is 306 g/mol. The van der Waals surface area contributed by atoms with Gasteiger partial charge in [0.15, 0.2) is 0 Å². The summed E-state index contributed by atoms with van der Waals surface area (Å²) in [6.45, 7) is 0.320. The van der Waals surface area contributed by atoms with Crippen LogP contribution in [-0.2, 0) is 13.0 Å². The molecule has 0 spiro atoms. The highest BCUT2D eigenvalue weighted by Crippen LogP contribution is 2.18. The molecule has 114 valence electrons. The normalized spacial score (nSPS) is 11.3. The van der Waals surface area contributed by atoms with Crippen LogP contribution in [0.2, 0.25) is 0 Å². The molecule has 0 saturated carbocycles. The predicted octanol–water partition coefficient (Wildman–Crippen LogP) is 1.81. The Kier molecular flexibility index (Phi) is 3.08. The molecule has 0 aliphatic rings. The number of aromatic amines is 2. The number of fused-ring (bicyclic) bond motifs is 2. The third-order valence-corrected chi connectivity index (χ3v) is 4.03. The minimum Gasteiger partial charge on any atom is -0.361 e. The second-order valence-corrected chi connectivity index (χ2v) is 5.40. The molecule has 0 bridgehead atoms. The number of nitrogens with zero attached hydrogens (tertiary/aromatic N) is 2. The van der Waals surface area contributed by atoms with E-state index in [-0.39, 0.29) is 5.56 Å². The first-order chi connectivity index (χ1) is 11.2. The van der Waals surface area contributed by atoms with Crippen molar-refractivity contribution in [2.75, 3.05) is 0 Å². The van der Waals surface area contributed by atoms with Crippen molar-refractivity contribution in [2.45, 2.75) is 13.0 Å². The van der Waals surface area contributed by atoms with E-state index in [0.29, 0.717) is 24.0 Å². The fourth-order valence-electron chi connectivity index (χ4n) is 2.86. The summed E-state index contributed by atoms with van der Waals surface area (Å²) in [6, 6.07) is 11.3. The molecule has 2 N–H and O–H groups in total. The Morgan fingerprint density at radius 2 is 1.87 bits per heavy atom. The number of pyridine rings is 1. The maximum Gasteiger partial charge on any atom is 0.330 e. The first-order valence-corrected chi connectivity index (χ1v) is 7.37. The first kappa shape index (κ1) is 13.5. The van der Waals surface area contributed by atoms with Gasteiger partial charge < -0.3 is 4.98 Å². The van der Waals surface area contributed by atoms with Crippen molar-refractivity contribution in [1.82, 2.24) is 19.5 Å². The van der Waals surface area contributed by atoms with Gasteiger partial charge in [0, 0.05) is 29.8 Å². The van der Waals surface area contributed by atoms with E-state index in [9.17, 15) is 9.59 Å². The van der Waals surface area contributed by atoms with Crippen molar-refractivity contribution in [3.8, 4) is 0 Å². The van der Waals surface area contributed by atoms with Gasteiger partial charge in [0.05, 0.1) is 5.39 Å². The summed E-state index contributed by atoms with van der Waals surface area (Å²) in [7, 11) is 0. The van der Waals surface area contributed by atoms with Gasteiger partial charge in [-0.1, -0.05) is 18.2 Å². The lowest BCUT2D eigenvalue weighted by molar-refractivity contribution is 0.637. The molecule has 4 aromatic rings. The highest BCUT2D eigenvalue weighted by molar-refractivity contribution is 5.83. The molecule has 0 radical (unpaired) electrons. The van der Waals surface area contributed by atoms with Crippen molar-refractivity contribution < 1.29 is 0 Å². The first-order valence-electron chi connectivity index (χ1n) is 7.37. The van der Waals surface area contributed by atoms with Crippen LogP contribution in [0.25, 0.3) is 21.9 Å². The van der Waals surface area contributed by atoms with Crippen LogP contribution >= 0.6 is 0 Å². The molecule has 0 aliphatic carbocycles. The van der Waals surface area contributed by atoms with Crippen molar-refractivity contribution in [2.24, 2.45) is 0 Å². The van der Waals surface area contributed by atoms with Gasteiger partial charge in [0.1, 0.15) is 5.65 Å². The minimum atomic E-state index is -0.430. The second kappa shape index (κ2) is 5.24. The molecule has 0 fully saturated rings. The lowest BCUT2D eigenvalue weighted by atomic mass is 10.1. The van der Waals surface area contributed by atoms with Gasteiger partial charge in [-0.3, -0.25) is 14.3 Å². The van der Waals surface area contributed by atoms with E-state index in [1.54, 1.807) is 18.3 Å². The quantitative estimate of drug-likeness (QED) is 0.605. The lowest BCUT2D eigenvalue weighted by Crippen LogP contribution is -2.35. The van der Waals surface area contributed by atoms with Gasteiger partial charge in [0.25, 0.3) is 5.56 Å². The summed E-state index contributed by atoms with van der Waals surface area (Å²) < 4.78 is 1.23. The number of aryl methyl sites for hydroxylation is 1. The Bertz CT molecular complexity index is 1120. The lowest BCUT2D eigenvalue weighted by Gasteiger charge is -2.05. The standard InChI is InChI=1S/C17H14N4O2/c22-16-13-5-3-8-18-15(13)20-17(23)21(16)9-7-11-10-19-14-6-2-1-4-12(11)14/h1-6,8,10,19H,7,9H2,(H,18,20,23). The molecule has 0 saturated heterocycles. The van der Waals surface area contributed by atoms with E-state index in [1.807, 2.05) is 30.5 Å². The summed E-state index contributed by atoms with van der Waals surface area (Å²) in [5, 5.41) is 1.53. The van der Waals surface area contributed by atoms with Crippen LogP contribution in [-0.4, -0.2) is 19.5 Å². The summed E-state index contributed by atoms with van der Waals surface area (Å²) >= 11 is 0. The van der Waals surface area contributed by atoms with Gasteiger partial charge in [-0.25, -0.2) is 9.78 Å². The zero-order chi connectivity index (χ0) is 15.8. The van der Waals surface area contributed by atoms with E-state index in [4.69, 9.17) is 0 Å². The topological polar surface area (TPSA) is 83.5 Å². The number of rotatable bonds is 3.